The Morgan fingerprint density at radius 3 is 2.68 bits per heavy atom. The molecule has 4 rings (SSSR count). The third-order valence-electron chi connectivity index (χ3n) is 4.06. The lowest BCUT2D eigenvalue weighted by Gasteiger charge is -2.56. The van der Waals surface area contributed by atoms with Crippen molar-refractivity contribution in [3.8, 4) is 0 Å². The summed E-state index contributed by atoms with van der Waals surface area (Å²) in [6, 6.07) is 7.65. The number of hydrogen-bond acceptors (Lipinski definition) is 4. The summed E-state index contributed by atoms with van der Waals surface area (Å²) in [6.07, 6.45) is 0.911. The van der Waals surface area contributed by atoms with Crippen LogP contribution >= 0.6 is 11.3 Å². The molecule has 4 nitrogen and oxygen atoms in total. The first kappa shape index (κ1) is 11.8. The van der Waals surface area contributed by atoms with E-state index in [0.29, 0.717) is 24.7 Å². The van der Waals surface area contributed by atoms with Crippen LogP contribution in [-0.4, -0.2) is 38.0 Å². The summed E-state index contributed by atoms with van der Waals surface area (Å²) in [5, 5.41) is 2.58. The fourth-order valence-corrected chi connectivity index (χ4v) is 6.04. The van der Waals surface area contributed by atoms with Crippen LogP contribution in [0, 0.1) is 0 Å². The topological polar surface area (TPSA) is 46.6 Å². The van der Waals surface area contributed by atoms with E-state index in [1.54, 1.807) is 9.69 Å². The van der Waals surface area contributed by atoms with Gasteiger partial charge in [0, 0.05) is 22.0 Å². The van der Waals surface area contributed by atoms with Gasteiger partial charge in [0.1, 0.15) is 4.90 Å². The number of fused-ring (bicyclic) bond motifs is 1. The van der Waals surface area contributed by atoms with E-state index in [0.717, 1.165) is 16.5 Å². The molecule has 2 saturated heterocycles. The number of ether oxygens (including phenoxy) is 1. The van der Waals surface area contributed by atoms with Crippen LogP contribution in [0.4, 0.5) is 0 Å². The van der Waals surface area contributed by atoms with Gasteiger partial charge in [-0.1, -0.05) is 18.2 Å². The average molecular weight is 295 g/mol. The predicted octanol–water partition coefficient (Wildman–Crippen LogP) is 2.06. The molecule has 3 heterocycles. The van der Waals surface area contributed by atoms with Crippen molar-refractivity contribution in [3.63, 3.8) is 0 Å². The minimum Gasteiger partial charge on any atom is -0.377 e. The summed E-state index contributed by atoms with van der Waals surface area (Å²) in [7, 11) is -3.39. The normalized spacial score (nSPS) is 22.3. The zero-order valence-corrected chi connectivity index (χ0v) is 11.8. The molecule has 2 fully saturated rings. The molecule has 6 heteroatoms. The van der Waals surface area contributed by atoms with Crippen LogP contribution < -0.4 is 0 Å². The number of thiophene rings is 1. The highest BCUT2D eigenvalue weighted by Gasteiger charge is 2.56. The molecule has 2 aliphatic heterocycles. The quantitative estimate of drug-likeness (QED) is 0.852. The van der Waals surface area contributed by atoms with Crippen molar-refractivity contribution in [1.82, 2.24) is 4.31 Å². The molecular weight excluding hydrogens is 282 g/mol. The molecule has 1 aromatic carbocycles. The van der Waals surface area contributed by atoms with E-state index >= 15 is 0 Å². The van der Waals surface area contributed by atoms with Crippen molar-refractivity contribution in [2.45, 2.75) is 16.9 Å². The standard InChI is InChI=1S/C13H13NO3S2/c15-19(16,14-6-5-13(14)8-17-9-13)12-7-18-11-4-2-1-3-10(11)12/h1-4,7H,5-6,8-9H2. The van der Waals surface area contributed by atoms with E-state index in [4.69, 9.17) is 4.74 Å². The smallest absolute Gasteiger partial charge is 0.245 e. The number of rotatable bonds is 2. The van der Waals surface area contributed by atoms with E-state index in [1.807, 2.05) is 24.3 Å². The fraction of sp³-hybridized carbons (Fsp3) is 0.385. The molecule has 19 heavy (non-hydrogen) atoms. The Bertz CT molecular complexity index is 741. The summed E-state index contributed by atoms with van der Waals surface area (Å²) in [5.74, 6) is 0. The van der Waals surface area contributed by atoms with Crippen LogP contribution in [0.3, 0.4) is 0 Å². The Hall–Kier alpha value is -0.950. The van der Waals surface area contributed by atoms with Gasteiger partial charge in [-0.3, -0.25) is 0 Å². The van der Waals surface area contributed by atoms with E-state index in [9.17, 15) is 8.42 Å². The highest BCUT2D eigenvalue weighted by atomic mass is 32.2. The van der Waals surface area contributed by atoms with Crippen molar-refractivity contribution in [3.05, 3.63) is 29.6 Å². The van der Waals surface area contributed by atoms with E-state index in [1.165, 1.54) is 11.3 Å². The fourth-order valence-electron chi connectivity index (χ4n) is 2.79. The van der Waals surface area contributed by atoms with Gasteiger partial charge in [-0.2, -0.15) is 4.31 Å². The van der Waals surface area contributed by atoms with E-state index in [2.05, 4.69) is 0 Å². The van der Waals surface area contributed by atoms with Crippen LogP contribution in [0.25, 0.3) is 10.1 Å². The van der Waals surface area contributed by atoms with Crippen LogP contribution in [-0.2, 0) is 14.8 Å². The number of benzene rings is 1. The van der Waals surface area contributed by atoms with Crippen LogP contribution in [0.1, 0.15) is 6.42 Å². The molecule has 0 N–H and O–H groups in total. The summed E-state index contributed by atoms with van der Waals surface area (Å²) in [5.41, 5.74) is -0.248. The first-order chi connectivity index (χ1) is 9.13. The highest BCUT2D eigenvalue weighted by Crippen LogP contribution is 2.43. The van der Waals surface area contributed by atoms with Gasteiger partial charge in [0.05, 0.1) is 18.8 Å². The third-order valence-corrected chi connectivity index (χ3v) is 7.22. The van der Waals surface area contributed by atoms with Crippen molar-refractivity contribution >= 4 is 31.4 Å². The van der Waals surface area contributed by atoms with Crippen LogP contribution in [0.15, 0.2) is 34.5 Å². The maximum atomic E-state index is 12.8. The molecule has 1 spiro atoms. The Labute approximate surface area is 115 Å². The van der Waals surface area contributed by atoms with Gasteiger partial charge in [-0.25, -0.2) is 8.42 Å². The minimum atomic E-state index is -3.39. The SMILES string of the molecule is O=S(=O)(c1csc2ccccc12)N1CCC12COC2. The van der Waals surface area contributed by atoms with Gasteiger partial charge in [0.25, 0.3) is 0 Å². The zero-order valence-electron chi connectivity index (χ0n) is 10.2. The van der Waals surface area contributed by atoms with Crippen molar-refractivity contribution < 1.29 is 13.2 Å². The molecule has 2 aliphatic rings. The average Bonchev–Trinajstić information content (AvgIpc) is 2.68. The van der Waals surface area contributed by atoms with E-state index < -0.39 is 10.0 Å². The Morgan fingerprint density at radius 1 is 1.26 bits per heavy atom. The maximum Gasteiger partial charge on any atom is 0.245 e. The first-order valence-corrected chi connectivity index (χ1v) is 8.52. The van der Waals surface area contributed by atoms with Gasteiger partial charge < -0.3 is 4.74 Å². The molecular formula is C13H13NO3S2. The van der Waals surface area contributed by atoms with Gasteiger partial charge in [-0.15, -0.1) is 11.3 Å². The molecule has 2 aromatic rings. The first-order valence-electron chi connectivity index (χ1n) is 6.20. The van der Waals surface area contributed by atoms with Gasteiger partial charge in [0.2, 0.25) is 10.0 Å². The molecule has 1 aromatic heterocycles. The van der Waals surface area contributed by atoms with Crippen LogP contribution in [0.2, 0.25) is 0 Å². The molecule has 0 amide bonds. The summed E-state index contributed by atoms with van der Waals surface area (Å²) < 4.78 is 33.4. The molecule has 0 saturated carbocycles. The lowest BCUT2D eigenvalue weighted by molar-refractivity contribution is -0.156. The molecule has 0 atom stereocenters. The summed E-state index contributed by atoms with van der Waals surface area (Å²) in [4.78, 5) is 0.444. The number of hydrogen-bond donors (Lipinski definition) is 0. The second-order valence-electron chi connectivity index (χ2n) is 5.14. The summed E-state index contributed by atoms with van der Waals surface area (Å²) in [6.45, 7) is 1.68. The lowest BCUT2D eigenvalue weighted by Crippen LogP contribution is -2.71. The van der Waals surface area contributed by atoms with E-state index in [-0.39, 0.29) is 5.54 Å². The van der Waals surface area contributed by atoms with Crippen molar-refractivity contribution in [2.24, 2.45) is 0 Å². The lowest BCUT2D eigenvalue weighted by atomic mass is 9.86. The maximum absolute atomic E-state index is 12.8. The van der Waals surface area contributed by atoms with Crippen molar-refractivity contribution in [2.75, 3.05) is 19.8 Å². The monoisotopic (exact) mass is 295 g/mol. The molecule has 0 unspecified atom stereocenters. The largest absolute Gasteiger partial charge is 0.377 e. The molecule has 0 radical (unpaired) electrons. The minimum absolute atomic E-state index is 0.248. The highest BCUT2D eigenvalue weighted by molar-refractivity contribution is 7.89. The second kappa shape index (κ2) is 3.79. The second-order valence-corrected chi connectivity index (χ2v) is 7.88. The number of nitrogens with zero attached hydrogens (tertiary/aromatic N) is 1. The molecule has 100 valence electrons. The molecule has 0 aliphatic carbocycles. The van der Waals surface area contributed by atoms with Gasteiger partial charge in [0.15, 0.2) is 0 Å². The third kappa shape index (κ3) is 1.48. The molecule has 0 bridgehead atoms. The van der Waals surface area contributed by atoms with Crippen LogP contribution in [0.5, 0.6) is 0 Å². The predicted molar refractivity (Wildman–Crippen MR) is 73.9 cm³/mol. The van der Waals surface area contributed by atoms with Gasteiger partial charge in [-0.05, 0) is 12.5 Å². The Kier molecular flexibility index (Phi) is 2.36. The zero-order chi connectivity index (χ0) is 13.1. The summed E-state index contributed by atoms with van der Waals surface area (Å²) >= 11 is 1.48. The Morgan fingerprint density at radius 2 is 2.05 bits per heavy atom. The Balaban J connectivity index is 1.83. The van der Waals surface area contributed by atoms with Gasteiger partial charge >= 0.3 is 0 Å². The van der Waals surface area contributed by atoms with Crippen molar-refractivity contribution in [1.29, 1.82) is 0 Å². The number of sulfonamides is 1.